The molecule has 2 aromatic carbocycles. The van der Waals surface area contributed by atoms with Crippen LogP contribution in [0.3, 0.4) is 0 Å². The lowest BCUT2D eigenvalue weighted by molar-refractivity contribution is 0.0316. The molecule has 0 bridgehead atoms. The SMILES string of the molecule is O=C(OCc1ccccc1)N1C=CCCN1C(=O)Nc1ccccc1. The molecule has 6 nitrogen and oxygen atoms in total. The second-order valence-corrected chi connectivity index (χ2v) is 5.48. The minimum atomic E-state index is -0.594. The molecule has 3 rings (SSSR count). The Morgan fingerprint density at radius 2 is 1.68 bits per heavy atom. The number of hydrogen-bond donors (Lipinski definition) is 1. The quantitative estimate of drug-likeness (QED) is 0.921. The Hall–Kier alpha value is -3.28. The molecule has 1 heterocycles. The standard InChI is InChI=1S/C19H19N3O3/c23-18(20-17-11-5-2-6-12-17)21-13-7-8-14-22(21)19(24)25-15-16-9-3-1-4-10-16/h1-6,8-12,14H,7,13,15H2,(H,20,23). The summed E-state index contributed by atoms with van der Waals surface area (Å²) in [6.07, 6.45) is 3.46. The Balaban J connectivity index is 1.63. The van der Waals surface area contributed by atoms with E-state index in [1.54, 1.807) is 18.3 Å². The van der Waals surface area contributed by atoms with Crippen molar-refractivity contribution in [2.45, 2.75) is 13.0 Å². The van der Waals surface area contributed by atoms with Crippen molar-refractivity contribution in [3.63, 3.8) is 0 Å². The van der Waals surface area contributed by atoms with Gasteiger partial charge >= 0.3 is 12.1 Å². The Morgan fingerprint density at radius 3 is 2.40 bits per heavy atom. The topological polar surface area (TPSA) is 61.9 Å². The maximum Gasteiger partial charge on any atom is 0.433 e. The first kappa shape index (κ1) is 16.6. The smallest absolute Gasteiger partial charge is 0.433 e. The highest BCUT2D eigenvalue weighted by atomic mass is 16.6. The van der Waals surface area contributed by atoms with Crippen molar-refractivity contribution in [2.75, 3.05) is 11.9 Å². The highest BCUT2D eigenvalue weighted by Crippen LogP contribution is 2.14. The van der Waals surface area contributed by atoms with E-state index < -0.39 is 6.09 Å². The fourth-order valence-electron chi connectivity index (χ4n) is 2.41. The Morgan fingerprint density at radius 1 is 1.00 bits per heavy atom. The first-order chi connectivity index (χ1) is 12.2. The highest BCUT2D eigenvalue weighted by molar-refractivity contribution is 5.90. The molecule has 0 saturated carbocycles. The zero-order chi connectivity index (χ0) is 17.5. The summed E-state index contributed by atoms with van der Waals surface area (Å²) in [5.41, 5.74) is 1.55. The van der Waals surface area contributed by atoms with Crippen LogP contribution < -0.4 is 5.32 Å². The van der Waals surface area contributed by atoms with E-state index in [1.807, 2.05) is 54.6 Å². The highest BCUT2D eigenvalue weighted by Gasteiger charge is 2.27. The third-order valence-corrected chi connectivity index (χ3v) is 3.67. The first-order valence-corrected chi connectivity index (χ1v) is 8.04. The van der Waals surface area contributed by atoms with Crippen LogP contribution in [0.4, 0.5) is 15.3 Å². The summed E-state index contributed by atoms with van der Waals surface area (Å²) in [5.74, 6) is 0. The number of nitrogens with one attached hydrogen (secondary N) is 1. The number of rotatable bonds is 3. The van der Waals surface area contributed by atoms with Gasteiger partial charge in [-0.3, -0.25) is 0 Å². The van der Waals surface area contributed by atoms with E-state index in [2.05, 4.69) is 5.32 Å². The molecule has 0 aromatic heterocycles. The van der Waals surface area contributed by atoms with Gasteiger partial charge in [0, 0.05) is 18.4 Å². The number of nitrogens with zero attached hydrogens (tertiary/aromatic N) is 2. The predicted octanol–water partition coefficient (Wildman–Crippen LogP) is 3.99. The molecular formula is C19H19N3O3. The van der Waals surface area contributed by atoms with Gasteiger partial charge < -0.3 is 10.1 Å². The number of hydrogen-bond acceptors (Lipinski definition) is 3. The number of carbonyl (C=O) groups excluding carboxylic acids is 2. The summed E-state index contributed by atoms with van der Waals surface area (Å²) in [5, 5.41) is 5.31. The van der Waals surface area contributed by atoms with Crippen molar-refractivity contribution in [2.24, 2.45) is 0 Å². The van der Waals surface area contributed by atoms with E-state index in [-0.39, 0.29) is 12.6 Å². The van der Waals surface area contributed by atoms with Crippen molar-refractivity contribution >= 4 is 17.8 Å². The van der Waals surface area contributed by atoms with Crippen LogP contribution in [0.25, 0.3) is 0 Å². The molecule has 0 unspecified atom stereocenters. The summed E-state index contributed by atoms with van der Waals surface area (Å²) >= 11 is 0. The predicted molar refractivity (Wildman–Crippen MR) is 94.4 cm³/mol. The summed E-state index contributed by atoms with van der Waals surface area (Å²) in [7, 11) is 0. The van der Waals surface area contributed by atoms with E-state index >= 15 is 0 Å². The normalized spacial score (nSPS) is 13.4. The third-order valence-electron chi connectivity index (χ3n) is 3.67. The van der Waals surface area contributed by atoms with Crippen molar-refractivity contribution in [1.82, 2.24) is 10.0 Å². The molecule has 1 aliphatic heterocycles. The van der Waals surface area contributed by atoms with E-state index in [1.165, 1.54) is 10.0 Å². The van der Waals surface area contributed by atoms with E-state index in [4.69, 9.17) is 4.74 Å². The minimum absolute atomic E-state index is 0.151. The molecule has 6 heteroatoms. The number of para-hydroxylation sites is 1. The van der Waals surface area contributed by atoms with E-state index in [9.17, 15) is 9.59 Å². The fraction of sp³-hybridized carbons (Fsp3) is 0.158. The van der Waals surface area contributed by atoms with Crippen LogP contribution in [0.5, 0.6) is 0 Å². The molecule has 0 aliphatic carbocycles. The summed E-state index contributed by atoms with van der Waals surface area (Å²) in [4.78, 5) is 24.9. The van der Waals surface area contributed by atoms with Gasteiger partial charge in [0.1, 0.15) is 6.61 Å². The van der Waals surface area contributed by atoms with Gasteiger partial charge in [0.2, 0.25) is 0 Å². The van der Waals surface area contributed by atoms with Crippen LogP contribution in [0.2, 0.25) is 0 Å². The van der Waals surface area contributed by atoms with Gasteiger partial charge in [-0.1, -0.05) is 54.6 Å². The molecule has 25 heavy (non-hydrogen) atoms. The maximum absolute atomic E-state index is 12.5. The molecular weight excluding hydrogens is 318 g/mol. The lowest BCUT2D eigenvalue weighted by atomic mass is 10.2. The zero-order valence-corrected chi connectivity index (χ0v) is 13.7. The summed E-state index contributed by atoms with van der Waals surface area (Å²) in [6, 6.07) is 18.1. The van der Waals surface area contributed by atoms with Gasteiger partial charge in [0.15, 0.2) is 0 Å². The molecule has 128 valence electrons. The largest absolute Gasteiger partial charge is 0.443 e. The molecule has 1 aliphatic rings. The first-order valence-electron chi connectivity index (χ1n) is 8.04. The van der Waals surface area contributed by atoms with Gasteiger partial charge in [-0.25, -0.2) is 14.6 Å². The molecule has 0 radical (unpaired) electrons. The number of ether oxygens (including phenoxy) is 1. The van der Waals surface area contributed by atoms with Gasteiger partial charge in [-0.15, -0.1) is 0 Å². The number of carbonyl (C=O) groups is 2. The lowest BCUT2D eigenvalue weighted by Crippen LogP contribution is -2.50. The van der Waals surface area contributed by atoms with E-state index in [0.29, 0.717) is 18.7 Å². The molecule has 3 amide bonds. The zero-order valence-electron chi connectivity index (χ0n) is 13.7. The van der Waals surface area contributed by atoms with Crippen LogP contribution in [0, 0.1) is 0 Å². The van der Waals surface area contributed by atoms with Crippen LogP contribution in [0.1, 0.15) is 12.0 Å². The average Bonchev–Trinajstić information content (AvgIpc) is 2.67. The number of hydrazine groups is 1. The van der Waals surface area contributed by atoms with Crippen LogP contribution in [-0.4, -0.2) is 28.7 Å². The average molecular weight is 337 g/mol. The summed E-state index contributed by atoms with van der Waals surface area (Å²) in [6.45, 7) is 0.549. The van der Waals surface area contributed by atoms with Gasteiger partial charge in [-0.2, -0.15) is 5.01 Å². The number of amides is 3. The number of benzene rings is 2. The van der Waals surface area contributed by atoms with Crippen LogP contribution >= 0.6 is 0 Å². The second-order valence-electron chi connectivity index (χ2n) is 5.48. The maximum atomic E-state index is 12.5. The number of anilines is 1. The van der Waals surface area contributed by atoms with Crippen molar-refractivity contribution in [3.8, 4) is 0 Å². The lowest BCUT2D eigenvalue weighted by Gasteiger charge is -2.33. The fourth-order valence-corrected chi connectivity index (χ4v) is 2.41. The van der Waals surface area contributed by atoms with Gasteiger partial charge in [0.05, 0.1) is 0 Å². The van der Waals surface area contributed by atoms with Crippen LogP contribution in [-0.2, 0) is 11.3 Å². The van der Waals surface area contributed by atoms with Crippen molar-refractivity contribution in [3.05, 3.63) is 78.5 Å². The monoisotopic (exact) mass is 337 g/mol. The number of urea groups is 1. The minimum Gasteiger partial charge on any atom is -0.443 e. The van der Waals surface area contributed by atoms with Crippen LogP contribution in [0.15, 0.2) is 72.9 Å². The molecule has 0 atom stereocenters. The van der Waals surface area contributed by atoms with Gasteiger partial charge in [0.25, 0.3) is 0 Å². The third kappa shape index (κ3) is 4.38. The Labute approximate surface area is 146 Å². The van der Waals surface area contributed by atoms with Crippen molar-refractivity contribution < 1.29 is 14.3 Å². The van der Waals surface area contributed by atoms with Crippen molar-refractivity contribution in [1.29, 1.82) is 0 Å². The summed E-state index contributed by atoms with van der Waals surface area (Å²) < 4.78 is 5.31. The molecule has 0 spiro atoms. The Bertz CT molecular complexity index is 747. The molecule has 0 saturated heterocycles. The second kappa shape index (κ2) is 8.01. The molecule has 1 N–H and O–H groups in total. The molecule has 0 fully saturated rings. The Kier molecular flexibility index (Phi) is 5.31. The van der Waals surface area contributed by atoms with E-state index in [0.717, 1.165) is 5.56 Å². The molecule has 2 aromatic rings. The van der Waals surface area contributed by atoms with Gasteiger partial charge in [-0.05, 0) is 24.1 Å².